The summed E-state index contributed by atoms with van der Waals surface area (Å²) in [5.74, 6) is 1.56. The molecule has 0 radical (unpaired) electrons. The first-order chi connectivity index (χ1) is 11.7. The predicted molar refractivity (Wildman–Crippen MR) is 112 cm³/mol. The van der Waals surface area contributed by atoms with Crippen molar-refractivity contribution in [1.29, 1.82) is 0 Å². The number of halogens is 1. The quantitative estimate of drug-likeness (QED) is 0.184. The second kappa shape index (κ2) is 14.8. The van der Waals surface area contributed by atoms with Crippen molar-refractivity contribution >= 4 is 35.9 Å². The molecule has 0 heterocycles. The van der Waals surface area contributed by atoms with Crippen LogP contribution in [0.5, 0.6) is 5.75 Å². The van der Waals surface area contributed by atoms with E-state index in [1.165, 1.54) is 12.7 Å². The van der Waals surface area contributed by atoms with E-state index in [2.05, 4.69) is 26.4 Å². The minimum absolute atomic E-state index is 0. The molecule has 25 heavy (non-hydrogen) atoms. The van der Waals surface area contributed by atoms with Crippen molar-refractivity contribution in [3.63, 3.8) is 0 Å². The number of carbonyl (C=O) groups excluding carboxylic acids is 1. The van der Waals surface area contributed by atoms with Crippen molar-refractivity contribution in [3.8, 4) is 5.75 Å². The zero-order valence-corrected chi connectivity index (χ0v) is 17.7. The average molecular weight is 463 g/mol. The summed E-state index contributed by atoms with van der Waals surface area (Å²) in [6.07, 6.45) is 4.19. The number of para-hydroxylation sites is 1. The summed E-state index contributed by atoms with van der Waals surface area (Å²) < 4.78 is 9.97. The second-order valence-corrected chi connectivity index (χ2v) is 5.37. The molecule has 1 aromatic carbocycles. The first-order valence-electron chi connectivity index (χ1n) is 8.34. The van der Waals surface area contributed by atoms with Crippen molar-refractivity contribution in [2.75, 3.05) is 34.4 Å². The molecule has 142 valence electrons. The van der Waals surface area contributed by atoms with Crippen LogP contribution in [0.3, 0.4) is 0 Å². The smallest absolute Gasteiger partial charge is 0.305 e. The van der Waals surface area contributed by atoms with Gasteiger partial charge in [-0.1, -0.05) is 24.6 Å². The molecule has 0 aliphatic rings. The zero-order chi connectivity index (χ0) is 17.6. The maximum atomic E-state index is 11.0. The van der Waals surface area contributed by atoms with Gasteiger partial charge in [-0.2, -0.15) is 0 Å². The molecule has 6 nitrogen and oxygen atoms in total. The minimum atomic E-state index is -0.142. The fourth-order valence-corrected chi connectivity index (χ4v) is 2.33. The summed E-state index contributed by atoms with van der Waals surface area (Å²) in [6, 6.07) is 8.02. The van der Waals surface area contributed by atoms with Crippen molar-refractivity contribution < 1.29 is 14.3 Å². The highest BCUT2D eigenvalue weighted by atomic mass is 127. The highest BCUT2D eigenvalue weighted by molar-refractivity contribution is 14.0. The molecule has 0 saturated heterocycles. The Hall–Kier alpha value is -1.51. The van der Waals surface area contributed by atoms with E-state index in [9.17, 15) is 4.79 Å². The fraction of sp³-hybridized carbons (Fsp3) is 0.556. The third kappa shape index (κ3) is 10.2. The summed E-state index contributed by atoms with van der Waals surface area (Å²) in [6.45, 7) is 1.61. The van der Waals surface area contributed by atoms with Crippen molar-refractivity contribution in [1.82, 2.24) is 10.6 Å². The van der Waals surface area contributed by atoms with E-state index < -0.39 is 0 Å². The predicted octanol–water partition coefficient (Wildman–Crippen LogP) is 2.75. The first kappa shape index (κ1) is 23.5. The number of carbonyl (C=O) groups is 1. The normalized spacial score (nSPS) is 10.6. The van der Waals surface area contributed by atoms with E-state index in [1.807, 2.05) is 18.2 Å². The van der Waals surface area contributed by atoms with Gasteiger partial charge in [-0.15, -0.1) is 24.0 Å². The van der Waals surface area contributed by atoms with Gasteiger partial charge in [0, 0.05) is 26.6 Å². The number of benzene rings is 1. The van der Waals surface area contributed by atoms with Crippen LogP contribution >= 0.6 is 24.0 Å². The standard InChI is InChI=1S/C18H29N3O3.HI/c1-19-18(20-13-8-4-5-11-17(22)24-3)21-14-12-15-9-6-7-10-16(15)23-2;/h6-7,9-10H,4-5,8,11-14H2,1-3H3,(H2,19,20,21);1H. The SMILES string of the molecule is CN=C(NCCCCCC(=O)OC)NCCc1ccccc1OC.I. The van der Waals surface area contributed by atoms with Crippen LogP contribution in [0.15, 0.2) is 29.3 Å². The maximum Gasteiger partial charge on any atom is 0.305 e. The number of nitrogens with zero attached hydrogens (tertiary/aromatic N) is 1. The van der Waals surface area contributed by atoms with Gasteiger partial charge in [-0.25, -0.2) is 0 Å². The molecule has 0 aliphatic carbocycles. The van der Waals surface area contributed by atoms with Gasteiger partial charge >= 0.3 is 5.97 Å². The van der Waals surface area contributed by atoms with Crippen molar-refractivity contribution in [2.24, 2.45) is 4.99 Å². The molecule has 0 unspecified atom stereocenters. The fourth-order valence-electron chi connectivity index (χ4n) is 2.33. The summed E-state index contributed by atoms with van der Waals surface area (Å²) in [7, 11) is 4.87. The van der Waals surface area contributed by atoms with Crippen LogP contribution in [-0.4, -0.2) is 46.3 Å². The Morgan fingerprint density at radius 1 is 1.08 bits per heavy atom. The van der Waals surface area contributed by atoms with Gasteiger partial charge in [-0.3, -0.25) is 9.79 Å². The average Bonchev–Trinajstić information content (AvgIpc) is 2.62. The number of methoxy groups -OCH3 is 2. The largest absolute Gasteiger partial charge is 0.496 e. The minimum Gasteiger partial charge on any atom is -0.496 e. The Balaban J connectivity index is 0.00000576. The number of aliphatic imine (C=N–C) groups is 1. The lowest BCUT2D eigenvalue weighted by atomic mass is 10.1. The van der Waals surface area contributed by atoms with Crippen LogP contribution in [0.2, 0.25) is 0 Å². The molecule has 1 aromatic rings. The summed E-state index contributed by atoms with van der Waals surface area (Å²) in [4.78, 5) is 15.2. The van der Waals surface area contributed by atoms with Gasteiger partial charge in [0.1, 0.15) is 5.75 Å². The van der Waals surface area contributed by atoms with Gasteiger partial charge in [-0.05, 0) is 30.9 Å². The molecule has 2 N–H and O–H groups in total. The molecule has 0 saturated carbocycles. The van der Waals surface area contributed by atoms with Crippen molar-refractivity contribution in [3.05, 3.63) is 29.8 Å². The molecule has 0 fully saturated rings. The monoisotopic (exact) mass is 463 g/mol. The second-order valence-electron chi connectivity index (χ2n) is 5.37. The van der Waals surface area contributed by atoms with E-state index >= 15 is 0 Å². The Morgan fingerprint density at radius 3 is 2.48 bits per heavy atom. The molecule has 0 bridgehead atoms. The van der Waals surface area contributed by atoms with Gasteiger partial charge in [0.2, 0.25) is 0 Å². The number of hydrogen-bond donors (Lipinski definition) is 2. The van der Waals surface area contributed by atoms with Crippen LogP contribution in [0.1, 0.15) is 31.2 Å². The van der Waals surface area contributed by atoms with E-state index in [-0.39, 0.29) is 29.9 Å². The number of ether oxygens (including phenoxy) is 2. The maximum absolute atomic E-state index is 11.0. The number of guanidine groups is 1. The third-order valence-corrected chi connectivity index (χ3v) is 3.68. The number of unbranched alkanes of at least 4 members (excludes halogenated alkanes) is 2. The van der Waals surface area contributed by atoms with Crippen LogP contribution in [0.4, 0.5) is 0 Å². The zero-order valence-electron chi connectivity index (χ0n) is 15.3. The molecule has 1 rings (SSSR count). The molecule has 0 atom stereocenters. The lowest BCUT2D eigenvalue weighted by molar-refractivity contribution is -0.140. The first-order valence-corrected chi connectivity index (χ1v) is 8.34. The molecule has 0 spiro atoms. The Bertz CT molecular complexity index is 524. The lowest BCUT2D eigenvalue weighted by Gasteiger charge is -2.13. The van der Waals surface area contributed by atoms with Gasteiger partial charge in [0.15, 0.2) is 5.96 Å². The molecular weight excluding hydrogens is 433 g/mol. The van der Waals surface area contributed by atoms with E-state index in [4.69, 9.17) is 4.74 Å². The highest BCUT2D eigenvalue weighted by Gasteiger charge is 2.03. The van der Waals surface area contributed by atoms with Crippen molar-refractivity contribution in [2.45, 2.75) is 32.1 Å². The molecule has 0 aliphatic heterocycles. The van der Waals surface area contributed by atoms with Gasteiger partial charge < -0.3 is 20.1 Å². The van der Waals surface area contributed by atoms with E-state index in [1.54, 1.807) is 14.2 Å². The van der Waals surface area contributed by atoms with E-state index in [0.29, 0.717) is 6.42 Å². The third-order valence-electron chi connectivity index (χ3n) is 3.68. The van der Waals surface area contributed by atoms with Crippen LogP contribution in [-0.2, 0) is 16.0 Å². The number of nitrogens with one attached hydrogen (secondary N) is 2. The molecule has 0 amide bonds. The van der Waals surface area contributed by atoms with E-state index in [0.717, 1.165) is 50.5 Å². The summed E-state index contributed by atoms with van der Waals surface area (Å²) >= 11 is 0. The highest BCUT2D eigenvalue weighted by Crippen LogP contribution is 2.17. The van der Waals surface area contributed by atoms with Gasteiger partial charge in [0.05, 0.1) is 14.2 Å². The summed E-state index contributed by atoms with van der Waals surface area (Å²) in [5.41, 5.74) is 1.17. The summed E-state index contributed by atoms with van der Waals surface area (Å²) in [5, 5.41) is 6.57. The molecule has 7 heteroatoms. The van der Waals surface area contributed by atoms with Gasteiger partial charge in [0.25, 0.3) is 0 Å². The molecule has 0 aromatic heterocycles. The van der Waals surface area contributed by atoms with Crippen LogP contribution in [0.25, 0.3) is 0 Å². The number of esters is 1. The lowest BCUT2D eigenvalue weighted by Crippen LogP contribution is -2.38. The Morgan fingerprint density at radius 2 is 1.80 bits per heavy atom. The topological polar surface area (TPSA) is 72.0 Å². The number of rotatable bonds is 10. The molecular formula is C18H30IN3O3. The van der Waals surface area contributed by atoms with Crippen LogP contribution in [0, 0.1) is 0 Å². The van der Waals surface area contributed by atoms with Crippen LogP contribution < -0.4 is 15.4 Å². The number of hydrogen-bond acceptors (Lipinski definition) is 4. The Labute approximate surface area is 167 Å². The Kier molecular flexibility index (Phi) is 13.9.